The van der Waals surface area contributed by atoms with Gasteiger partial charge in [0.2, 0.25) is 0 Å². The van der Waals surface area contributed by atoms with Crippen molar-refractivity contribution in [2.45, 2.75) is 96.8 Å². The van der Waals surface area contributed by atoms with E-state index in [1.54, 1.807) is 0 Å². The molecule has 0 N–H and O–H groups in total. The number of carbonyl (C=O) groups is 1. The summed E-state index contributed by atoms with van der Waals surface area (Å²) >= 11 is 0. The van der Waals surface area contributed by atoms with Crippen LogP contribution >= 0.6 is 0 Å². The highest BCUT2D eigenvalue weighted by Gasteiger charge is 2.02. The van der Waals surface area contributed by atoms with Crippen LogP contribution in [-0.2, 0) is 9.53 Å². The van der Waals surface area contributed by atoms with E-state index >= 15 is 0 Å². The Morgan fingerprint density at radius 3 is 1.88 bits per heavy atom. The van der Waals surface area contributed by atoms with Gasteiger partial charge in [-0.25, -0.2) is 0 Å². The predicted octanol–water partition coefficient (Wildman–Crippen LogP) is 6.13. The molecule has 0 aliphatic heterocycles. The van der Waals surface area contributed by atoms with Gasteiger partial charge in [-0.05, 0) is 46.2 Å². The molecule has 148 valence electrons. The summed E-state index contributed by atoms with van der Waals surface area (Å²) in [6.45, 7) is 3.58. The molecule has 25 heavy (non-hydrogen) atoms. The molecule has 0 fully saturated rings. The number of hydrogen-bond acceptors (Lipinski definition) is 3. The van der Waals surface area contributed by atoms with Crippen molar-refractivity contribution in [3.8, 4) is 0 Å². The van der Waals surface area contributed by atoms with E-state index in [1.807, 2.05) is 19.0 Å². The minimum atomic E-state index is -0.0422. The van der Waals surface area contributed by atoms with Crippen molar-refractivity contribution in [3.05, 3.63) is 12.2 Å². The summed E-state index contributed by atoms with van der Waals surface area (Å²) in [6.07, 6.45) is 21.9. The van der Waals surface area contributed by atoms with Gasteiger partial charge in [-0.2, -0.15) is 0 Å². The lowest BCUT2D eigenvalue weighted by Crippen LogP contribution is -2.20. The molecule has 0 aromatic carbocycles. The van der Waals surface area contributed by atoms with Crippen molar-refractivity contribution < 1.29 is 9.53 Å². The Morgan fingerprint density at radius 2 is 1.32 bits per heavy atom. The average molecular weight is 354 g/mol. The smallest absolute Gasteiger partial charge is 0.305 e. The summed E-state index contributed by atoms with van der Waals surface area (Å²) in [5.74, 6) is -0.0422. The van der Waals surface area contributed by atoms with Crippen molar-refractivity contribution in [2.75, 3.05) is 27.2 Å². The third kappa shape index (κ3) is 21.1. The highest BCUT2D eigenvalue weighted by atomic mass is 16.5. The molecule has 0 aliphatic carbocycles. The van der Waals surface area contributed by atoms with Crippen LogP contribution in [0, 0.1) is 0 Å². The summed E-state index contributed by atoms with van der Waals surface area (Å²) in [5.41, 5.74) is 0. The number of hydrogen-bond donors (Lipinski definition) is 0. The summed E-state index contributed by atoms with van der Waals surface area (Å²) in [6, 6.07) is 0. The third-order valence-corrected chi connectivity index (χ3v) is 4.44. The molecule has 0 rings (SSSR count). The van der Waals surface area contributed by atoms with Crippen molar-refractivity contribution in [1.29, 1.82) is 0 Å². The van der Waals surface area contributed by atoms with Crippen LogP contribution in [0.3, 0.4) is 0 Å². The maximum Gasteiger partial charge on any atom is 0.305 e. The molecule has 0 spiro atoms. The van der Waals surface area contributed by atoms with Crippen molar-refractivity contribution in [3.63, 3.8) is 0 Å². The largest absolute Gasteiger partial charge is 0.464 e. The van der Waals surface area contributed by atoms with Crippen LogP contribution in [0.15, 0.2) is 12.2 Å². The number of ether oxygens (including phenoxy) is 1. The van der Waals surface area contributed by atoms with Crippen LogP contribution in [0.5, 0.6) is 0 Å². The molecular formula is C22H43NO2. The first-order valence-electron chi connectivity index (χ1n) is 10.6. The average Bonchev–Trinajstić information content (AvgIpc) is 2.58. The molecule has 0 radical (unpaired) electrons. The van der Waals surface area contributed by atoms with E-state index in [0.717, 1.165) is 19.4 Å². The fraction of sp³-hybridized carbons (Fsp3) is 0.864. The first-order valence-corrected chi connectivity index (χ1v) is 10.6. The Morgan fingerprint density at radius 1 is 0.800 bits per heavy atom. The van der Waals surface area contributed by atoms with Gasteiger partial charge in [-0.3, -0.25) is 4.79 Å². The van der Waals surface area contributed by atoms with Gasteiger partial charge in [0.05, 0.1) is 0 Å². The van der Waals surface area contributed by atoms with E-state index in [1.165, 1.54) is 70.6 Å². The highest BCUT2D eigenvalue weighted by Crippen LogP contribution is 2.10. The van der Waals surface area contributed by atoms with Crippen LogP contribution in [0.1, 0.15) is 96.8 Å². The van der Waals surface area contributed by atoms with Gasteiger partial charge in [0.1, 0.15) is 6.61 Å². The molecular weight excluding hydrogens is 310 g/mol. The highest BCUT2D eigenvalue weighted by molar-refractivity contribution is 5.69. The number of allylic oxidation sites excluding steroid dienone is 2. The third-order valence-electron chi connectivity index (χ3n) is 4.44. The van der Waals surface area contributed by atoms with Crippen LogP contribution < -0.4 is 0 Å². The Hall–Kier alpha value is -0.830. The van der Waals surface area contributed by atoms with E-state index < -0.39 is 0 Å². The second-order valence-corrected chi connectivity index (χ2v) is 7.36. The molecule has 0 bridgehead atoms. The lowest BCUT2D eigenvalue weighted by molar-refractivity contribution is -0.144. The molecule has 0 atom stereocenters. The van der Waals surface area contributed by atoms with Gasteiger partial charge >= 0.3 is 5.97 Å². The number of nitrogens with zero attached hydrogens (tertiary/aromatic N) is 1. The fourth-order valence-corrected chi connectivity index (χ4v) is 2.75. The van der Waals surface area contributed by atoms with Gasteiger partial charge in [0.25, 0.3) is 0 Å². The first kappa shape index (κ1) is 24.2. The fourth-order valence-electron chi connectivity index (χ4n) is 2.75. The van der Waals surface area contributed by atoms with Crippen molar-refractivity contribution >= 4 is 5.97 Å². The predicted molar refractivity (Wildman–Crippen MR) is 109 cm³/mol. The summed E-state index contributed by atoms with van der Waals surface area (Å²) in [4.78, 5) is 13.5. The Labute approximate surface area is 157 Å². The Balaban J connectivity index is 3.20. The Kier molecular flexibility index (Phi) is 18.8. The molecule has 3 nitrogen and oxygen atoms in total. The van der Waals surface area contributed by atoms with Gasteiger partial charge in [-0.1, -0.05) is 70.4 Å². The van der Waals surface area contributed by atoms with Gasteiger partial charge in [0, 0.05) is 13.0 Å². The van der Waals surface area contributed by atoms with Gasteiger partial charge in [0.15, 0.2) is 0 Å². The maximum atomic E-state index is 11.5. The molecule has 0 saturated carbocycles. The van der Waals surface area contributed by atoms with Crippen LogP contribution in [0.2, 0.25) is 0 Å². The second kappa shape index (κ2) is 19.5. The number of likely N-dealkylation sites (N-methyl/N-ethyl adjacent to an activating group) is 1. The topological polar surface area (TPSA) is 29.5 Å². The van der Waals surface area contributed by atoms with Crippen molar-refractivity contribution in [2.24, 2.45) is 0 Å². The van der Waals surface area contributed by atoms with Crippen LogP contribution in [0.4, 0.5) is 0 Å². The Bertz CT molecular complexity index is 313. The van der Waals surface area contributed by atoms with Crippen LogP contribution in [-0.4, -0.2) is 38.1 Å². The summed E-state index contributed by atoms with van der Waals surface area (Å²) in [5, 5.41) is 0. The molecule has 0 aromatic rings. The van der Waals surface area contributed by atoms with E-state index in [-0.39, 0.29) is 5.97 Å². The zero-order valence-corrected chi connectivity index (χ0v) is 17.2. The summed E-state index contributed by atoms with van der Waals surface area (Å²) in [7, 11) is 3.97. The van der Waals surface area contributed by atoms with Crippen molar-refractivity contribution in [1.82, 2.24) is 4.90 Å². The first-order chi connectivity index (χ1) is 12.2. The quantitative estimate of drug-likeness (QED) is 0.169. The molecule has 0 saturated heterocycles. The number of rotatable bonds is 18. The molecule has 0 unspecified atom stereocenters. The SMILES string of the molecule is CCCCCCCC/C=C\CCCCCCCC(=O)OCCN(C)C. The van der Waals surface area contributed by atoms with E-state index in [2.05, 4.69) is 19.1 Å². The van der Waals surface area contributed by atoms with E-state index in [0.29, 0.717) is 13.0 Å². The van der Waals surface area contributed by atoms with E-state index in [4.69, 9.17) is 4.74 Å². The second-order valence-electron chi connectivity index (χ2n) is 7.36. The number of carbonyl (C=O) groups excluding carboxylic acids is 1. The molecule has 0 heterocycles. The zero-order valence-electron chi connectivity index (χ0n) is 17.2. The summed E-state index contributed by atoms with van der Waals surface area (Å²) < 4.78 is 5.18. The van der Waals surface area contributed by atoms with Crippen LogP contribution in [0.25, 0.3) is 0 Å². The number of unbranched alkanes of at least 4 members (excludes halogenated alkanes) is 11. The minimum Gasteiger partial charge on any atom is -0.464 e. The van der Waals surface area contributed by atoms with Gasteiger partial charge < -0.3 is 9.64 Å². The lowest BCUT2D eigenvalue weighted by Gasteiger charge is -2.09. The van der Waals surface area contributed by atoms with Gasteiger partial charge in [-0.15, -0.1) is 0 Å². The monoisotopic (exact) mass is 353 g/mol. The molecule has 0 aromatic heterocycles. The molecule has 0 amide bonds. The zero-order chi connectivity index (χ0) is 18.6. The number of esters is 1. The normalized spacial score (nSPS) is 11.5. The molecule has 0 aliphatic rings. The standard InChI is InChI=1S/C22H43NO2/c1-4-5-6-7-8-9-10-11-12-13-14-15-16-17-18-19-22(24)25-21-20-23(2)3/h11-12H,4-10,13-21H2,1-3H3/b12-11-. The van der Waals surface area contributed by atoms with E-state index in [9.17, 15) is 4.79 Å². The molecule has 3 heteroatoms. The maximum absolute atomic E-state index is 11.5. The lowest BCUT2D eigenvalue weighted by atomic mass is 10.1. The minimum absolute atomic E-state index is 0.0422.